The fraction of sp³-hybridized carbons (Fsp3) is 0.308. The van der Waals surface area contributed by atoms with Gasteiger partial charge in [0.1, 0.15) is 0 Å². The summed E-state index contributed by atoms with van der Waals surface area (Å²) in [5, 5.41) is 0.554. The van der Waals surface area contributed by atoms with Crippen LogP contribution < -0.4 is 0 Å². The number of Topliss-reactive ketones (excluding diaryl/α,β-unsaturated/α-hetero) is 1. The van der Waals surface area contributed by atoms with Gasteiger partial charge < -0.3 is 0 Å². The number of ketones is 1. The van der Waals surface area contributed by atoms with Crippen molar-refractivity contribution in [3.63, 3.8) is 0 Å². The van der Waals surface area contributed by atoms with E-state index in [2.05, 4.69) is 6.58 Å². The minimum Gasteiger partial charge on any atom is -0.294 e. The van der Waals surface area contributed by atoms with Gasteiger partial charge in [-0.2, -0.15) is 0 Å². The second-order valence-corrected chi connectivity index (χ2v) is 3.99. The fourth-order valence-corrected chi connectivity index (χ4v) is 1.73. The molecule has 0 amide bonds. The zero-order valence-electron chi connectivity index (χ0n) is 8.92. The minimum atomic E-state index is 0.113. The molecule has 0 atom stereocenters. The maximum absolute atomic E-state index is 11.7. The molecule has 2 heteroatoms. The van der Waals surface area contributed by atoms with E-state index in [-0.39, 0.29) is 5.78 Å². The molecule has 0 aliphatic heterocycles. The van der Waals surface area contributed by atoms with Crippen LogP contribution in [-0.4, -0.2) is 5.78 Å². The van der Waals surface area contributed by atoms with Crippen molar-refractivity contribution in [3.8, 4) is 0 Å². The first-order valence-corrected chi connectivity index (χ1v) is 5.43. The van der Waals surface area contributed by atoms with Crippen LogP contribution in [0, 0.1) is 6.92 Å². The van der Waals surface area contributed by atoms with E-state index in [0.29, 0.717) is 17.0 Å². The van der Waals surface area contributed by atoms with Crippen molar-refractivity contribution in [2.45, 2.75) is 26.2 Å². The van der Waals surface area contributed by atoms with Gasteiger partial charge in [-0.3, -0.25) is 4.79 Å². The summed E-state index contributed by atoms with van der Waals surface area (Å²) in [6.45, 7) is 5.58. The smallest absolute Gasteiger partial charge is 0.164 e. The number of benzene rings is 1. The second-order valence-electron chi connectivity index (χ2n) is 3.59. The van der Waals surface area contributed by atoms with Crippen LogP contribution >= 0.6 is 11.6 Å². The van der Waals surface area contributed by atoms with Crippen molar-refractivity contribution in [1.29, 1.82) is 0 Å². The van der Waals surface area contributed by atoms with Crippen LogP contribution in [0.1, 0.15) is 35.2 Å². The van der Waals surface area contributed by atoms with Crippen LogP contribution in [0.2, 0.25) is 5.02 Å². The van der Waals surface area contributed by atoms with E-state index in [4.69, 9.17) is 11.6 Å². The summed E-state index contributed by atoms with van der Waals surface area (Å²) in [5.41, 5.74) is 1.70. The molecule has 0 aromatic heterocycles. The van der Waals surface area contributed by atoms with E-state index < -0.39 is 0 Å². The van der Waals surface area contributed by atoms with E-state index in [0.717, 1.165) is 18.4 Å². The molecule has 1 aromatic rings. The monoisotopic (exact) mass is 222 g/mol. The zero-order valence-corrected chi connectivity index (χ0v) is 9.68. The molecule has 80 valence electrons. The molecule has 0 bridgehead atoms. The Morgan fingerprint density at radius 2 is 2.27 bits per heavy atom. The summed E-state index contributed by atoms with van der Waals surface area (Å²) in [6.07, 6.45) is 4.07. The molecule has 0 unspecified atom stereocenters. The molecule has 0 aliphatic carbocycles. The van der Waals surface area contributed by atoms with Crippen LogP contribution in [0.4, 0.5) is 0 Å². The van der Waals surface area contributed by atoms with Crippen molar-refractivity contribution in [1.82, 2.24) is 0 Å². The lowest BCUT2D eigenvalue weighted by atomic mass is 10.0. The van der Waals surface area contributed by atoms with E-state index in [1.54, 1.807) is 6.07 Å². The lowest BCUT2D eigenvalue weighted by Gasteiger charge is -2.03. The Kier molecular flexibility index (Phi) is 4.57. The molecule has 0 fully saturated rings. The lowest BCUT2D eigenvalue weighted by molar-refractivity contribution is 0.0980. The van der Waals surface area contributed by atoms with Gasteiger partial charge in [-0.05, 0) is 37.5 Å². The van der Waals surface area contributed by atoms with Gasteiger partial charge in [0.25, 0.3) is 0 Å². The maximum Gasteiger partial charge on any atom is 0.164 e. The first kappa shape index (κ1) is 12.0. The number of unbranched alkanes of at least 4 members (excludes halogenated alkanes) is 1. The van der Waals surface area contributed by atoms with Crippen LogP contribution in [-0.2, 0) is 0 Å². The Hall–Kier alpha value is -1.08. The van der Waals surface area contributed by atoms with Crippen molar-refractivity contribution in [2.75, 3.05) is 0 Å². The van der Waals surface area contributed by atoms with E-state index in [1.807, 2.05) is 25.1 Å². The topological polar surface area (TPSA) is 17.1 Å². The number of hydrogen-bond donors (Lipinski definition) is 0. The molecule has 0 saturated heterocycles. The third-order valence-corrected chi connectivity index (χ3v) is 2.55. The van der Waals surface area contributed by atoms with Gasteiger partial charge in [0.15, 0.2) is 5.78 Å². The number of allylic oxidation sites excluding steroid dienone is 1. The largest absolute Gasteiger partial charge is 0.294 e. The highest BCUT2D eigenvalue weighted by Crippen LogP contribution is 2.19. The standard InChI is InChI=1S/C13H15ClO/c1-3-4-5-6-13(15)11-8-7-10(2)9-12(11)14/h3,7-9H,1,4-6H2,2H3. The van der Waals surface area contributed by atoms with Crippen LogP contribution in [0.25, 0.3) is 0 Å². The van der Waals surface area contributed by atoms with E-state index >= 15 is 0 Å². The van der Waals surface area contributed by atoms with Gasteiger partial charge >= 0.3 is 0 Å². The summed E-state index contributed by atoms with van der Waals surface area (Å²) >= 11 is 6.00. The Morgan fingerprint density at radius 1 is 1.53 bits per heavy atom. The van der Waals surface area contributed by atoms with Gasteiger partial charge in [0.2, 0.25) is 0 Å². The minimum absolute atomic E-state index is 0.113. The average Bonchev–Trinajstić information content (AvgIpc) is 2.17. The average molecular weight is 223 g/mol. The van der Waals surface area contributed by atoms with E-state index in [1.165, 1.54) is 0 Å². The quantitative estimate of drug-likeness (QED) is 0.415. The van der Waals surface area contributed by atoms with Gasteiger partial charge in [-0.25, -0.2) is 0 Å². The second kappa shape index (κ2) is 5.72. The number of hydrogen-bond acceptors (Lipinski definition) is 1. The number of rotatable bonds is 5. The third-order valence-electron chi connectivity index (χ3n) is 2.24. The van der Waals surface area contributed by atoms with Gasteiger partial charge in [-0.15, -0.1) is 6.58 Å². The first-order chi connectivity index (χ1) is 7.15. The third kappa shape index (κ3) is 3.52. The van der Waals surface area contributed by atoms with Gasteiger partial charge in [-0.1, -0.05) is 23.7 Å². The summed E-state index contributed by atoms with van der Waals surface area (Å²) in [4.78, 5) is 11.7. The highest BCUT2D eigenvalue weighted by Gasteiger charge is 2.09. The highest BCUT2D eigenvalue weighted by atomic mass is 35.5. The van der Waals surface area contributed by atoms with Crippen molar-refractivity contribution in [2.24, 2.45) is 0 Å². The maximum atomic E-state index is 11.7. The number of halogens is 1. The number of carbonyl (C=O) groups is 1. The Labute approximate surface area is 95.8 Å². The van der Waals surface area contributed by atoms with Crippen LogP contribution in [0.3, 0.4) is 0 Å². The SMILES string of the molecule is C=CCCCC(=O)c1ccc(C)cc1Cl. The summed E-state index contributed by atoms with van der Waals surface area (Å²) in [6, 6.07) is 5.53. The molecule has 0 N–H and O–H groups in total. The molecule has 1 nitrogen and oxygen atoms in total. The molecule has 15 heavy (non-hydrogen) atoms. The summed E-state index contributed by atoms with van der Waals surface area (Å²) < 4.78 is 0. The summed E-state index contributed by atoms with van der Waals surface area (Å²) in [7, 11) is 0. The van der Waals surface area contributed by atoms with Crippen molar-refractivity contribution >= 4 is 17.4 Å². The first-order valence-electron chi connectivity index (χ1n) is 5.05. The molecular weight excluding hydrogens is 208 g/mol. The molecular formula is C13H15ClO. The van der Waals surface area contributed by atoms with Crippen LogP contribution in [0.5, 0.6) is 0 Å². The summed E-state index contributed by atoms with van der Waals surface area (Å²) in [5.74, 6) is 0.113. The normalized spacial score (nSPS) is 10.0. The number of carbonyl (C=O) groups excluding carboxylic acids is 1. The Morgan fingerprint density at radius 3 is 2.87 bits per heavy atom. The predicted molar refractivity (Wildman–Crippen MR) is 64.6 cm³/mol. The van der Waals surface area contributed by atoms with Crippen LogP contribution in [0.15, 0.2) is 30.9 Å². The van der Waals surface area contributed by atoms with Crippen molar-refractivity contribution in [3.05, 3.63) is 47.0 Å². The molecule has 0 aliphatic rings. The van der Waals surface area contributed by atoms with Gasteiger partial charge in [0.05, 0.1) is 5.02 Å². The molecule has 1 rings (SSSR count). The molecule has 0 spiro atoms. The Balaban J connectivity index is 2.69. The van der Waals surface area contributed by atoms with Crippen molar-refractivity contribution < 1.29 is 4.79 Å². The molecule has 0 heterocycles. The molecule has 0 radical (unpaired) electrons. The number of aryl methyl sites for hydroxylation is 1. The van der Waals surface area contributed by atoms with Gasteiger partial charge in [0, 0.05) is 12.0 Å². The fourth-order valence-electron chi connectivity index (χ4n) is 1.39. The predicted octanol–water partition coefficient (Wildman–Crippen LogP) is 4.19. The lowest BCUT2D eigenvalue weighted by Crippen LogP contribution is -1.99. The van der Waals surface area contributed by atoms with E-state index in [9.17, 15) is 4.79 Å². The zero-order chi connectivity index (χ0) is 11.3. The molecule has 1 aromatic carbocycles. The molecule has 0 saturated carbocycles. The Bertz CT molecular complexity index is 369. The highest BCUT2D eigenvalue weighted by molar-refractivity contribution is 6.34.